The van der Waals surface area contributed by atoms with Gasteiger partial charge in [-0.15, -0.1) is 0 Å². The maximum Gasteiger partial charge on any atom is 0.144 e. The van der Waals surface area contributed by atoms with Gasteiger partial charge in [0.1, 0.15) is 11.5 Å². The van der Waals surface area contributed by atoms with Crippen molar-refractivity contribution in [1.29, 1.82) is 0 Å². The van der Waals surface area contributed by atoms with E-state index in [0.717, 1.165) is 17.0 Å². The molecule has 0 aliphatic rings. The maximum absolute atomic E-state index is 5.86. The van der Waals surface area contributed by atoms with Crippen LogP contribution in [0, 0.1) is 0 Å². The normalized spacial score (nSPS) is 10.1. The zero-order valence-electron chi connectivity index (χ0n) is 11.8. The van der Waals surface area contributed by atoms with Crippen LogP contribution in [0.4, 0.5) is 11.4 Å². The minimum atomic E-state index is 0.597. The Balaban J connectivity index is 2.09. The molecule has 2 rings (SSSR count). The van der Waals surface area contributed by atoms with Crippen molar-refractivity contribution in [2.75, 3.05) is 24.8 Å². The molecule has 106 valence electrons. The summed E-state index contributed by atoms with van der Waals surface area (Å²) in [6, 6.07) is 13.6. The first-order chi connectivity index (χ1) is 9.74. The second kappa shape index (κ2) is 6.70. The molecule has 0 aliphatic carbocycles. The Morgan fingerprint density at radius 2 is 1.90 bits per heavy atom. The molecular weight excluding hydrogens is 252 g/mol. The Labute approximate surface area is 119 Å². The number of nitrogen functional groups attached to an aromatic ring is 1. The van der Waals surface area contributed by atoms with Gasteiger partial charge in [-0.2, -0.15) is 0 Å². The van der Waals surface area contributed by atoms with Gasteiger partial charge in [-0.3, -0.25) is 0 Å². The third-order valence-electron chi connectivity index (χ3n) is 2.99. The lowest BCUT2D eigenvalue weighted by atomic mass is 10.2. The Bertz CT molecular complexity index is 570. The lowest BCUT2D eigenvalue weighted by Crippen LogP contribution is -2.03. The number of ether oxygens (including phenoxy) is 2. The highest BCUT2D eigenvalue weighted by atomic mass is 16.5. The Morgan fingerprint density at radius 1 is 1.10 bits per heavy atom. The molecule has 0 bridgehead atoms. The average molecular weight is 272 g/mol. The summed E-state index contributed by atoms with van der Waals surface area (Å²) in [5.74, 6) is 1.58. The van der Waals surface area contributed by atoms with E-state index >= 15 is 0 Å². The molecule has 0 atom stereocenters. The van der Waals surface area contributed by atoms with Crippen LogP contribution in [0.25, 0.3) is 0 Å². The highest BCUT2D eigenvalue weighted by Crippen LogP contribution is 2.26. The molecule has 0 saturated carbocycles. The van der Waals surface area contributed by atoms with Crippen molar-refractivity contribution >= 4 is 11.4 Å². The van der Waals surface area contributed by atoms with Crippen molar-refractivity contribution in [3.63, 3.8) is 0 Å². The maximum atomic E-state index is 5.86. The van der Waals surface area contributed by atoms with E-state index in [0.29, 0.717) is 24.6 Å². The first-order valence-corrected chi connectivity index (χ1v) is 6.62. The first-order valence-electron chi connectivity index (χ1n) is 6.62. The number of hydrogen-bond donors (Lipinski definition) is 2. The van der Waals surface area contributed by atoms with Gasteiger partial charge in [0, 0.05) is 23.9 Å². The Kier molecular flexibility index (Phi) is 4.71. The van der Waals surface area contributed by atoms with Gasteiger partial charge in [0.05, 0.1) is 19.4 Å². The highest BCUT2D eigenvalue weighted by molar-refractivity contribution is 5.61. The molecule has 0 spiro atoms. The Hall–Kier alpha value is -2.36. The van der Waals surface area contributed by atoms with Gasteiger partial charge in [0.25, 0.3) is 0 Å². The summed E-state index contributed by atoms with van der Waals surface area (Å²) in [4.78, 5) is 0. The van der Waals surface area contributed by atoms with E-state index < -0.39 is 0 Å². The van der Waals surface area contributed by atoms with E-state index in [1.54, 1.807) is 7.11 Å². The number of benzene rings is 2. The van der Waals surface area contributed by atoms with Crippen LogP contribution in [-0.2, 0) is 6.54 Å². The number of rotatable bonds is 6. The van der Waals surface area contributed by atoms with Crippen molar-refractivity contribution < 1.29 is 9.47 Å². The van der Waals surface area contributed by atoms with Crippen molar-refractivity contribution in [2.24, 2.45) is 0 Å². The fourth-order valence-electron chi connectivity index (χ4n) is 1.97. The minimum absolute atomic E-state index is 0.597. The van der Waals surface area contributed by atoms with E-state index in [1.807, 2.05) is 49.4 Å². The van der Waals surface area contributed by atoms with Gasteiger partial charge in [-0.1, -0.05) is 18.2 Å². The van der Waals surface area contributed by atoms with Crippen molar-refractivity contribution in [3.8, 4) is 11.5 Å². The van der Waals surface area contributed by atoms with Crippen LogP contribution in [0.5, 0.6) is 11.5 Å². The molecule has 0 heterocycles. The molecule has 4 heteroatoms. The number of methoxy groups -OCH3 is 1. The van der Waals surface area contributed by atoms with Gasteiger partial charge in [0.15, 0.2) is 0 Å². The van der Waals surface area contributed by atoms with Crippen LogP contribution in [-0.4, -0.2) is 13.7 Å². The SMILES string of the molecule is CCOc1cc(NCc2ccccc2OC)ccc1N. The topological polar surface area (TPSA) is 56.5 Å². The van der Waals surface area contributed by atoms with E-state index in [1.165, 1.54) is 0 Å². The molecule has 20 heavy (non-hydrogen) atoms. The largest absolute Gasteiger partial charge is 0.496 e. The zero-order valence-corrected chi connectivity index (χ0v) is 11.8. The zero-order chi connectivity index (χ0) is 14.4. The molecule has 0 saturated heterocycles. The Morgan fingerprint density at radius 3 is 2.65 bits per heavy atom. The number of hydrogen-bond acceptors (Lipinski definition) is 4. The number of nitrogens with two attached hydrogens (primary N) is 1. The summed E-state index contributed by atoms with van der Waals surface area (Å²) < 4.78 is 10.8. The molecule has 0 unspecified atom stereocenters. The molecule has 2 aromatic rings. The van der Waals surface area contributed by atoms with Gasteiger partial charge in [-0.25, -0.2) is 0 Å². The molecule has 3 N–H and O–H groups in total. The van der Waals surface area contributed by atoms with Crippen LogP contribution in [0.15, 0.2) is 42.5 Å². The van der Waals surface area contributed by atoms with Gasteiger partial charge in [-0.05, 0) is 25.1 Å². The van der Waals surface area contributed by atoms with Crippen molar-refractivity contribution in [3.05, 3.63) is 48.0 Å². The third-order valence-corrected chi connectivity index (χ3v) is 2.99. The molecular formula is C16H20N2O2. The van der Waals surface area contributed by atoms with E-state index in [2.05, 4.69) is 5.32 Å². The lowest BCUT2D eigenvalue weighted by molar-refractivity contribution is 0.342. The second-order valence-electron chi connectivity index (χ2n) is 4.35. The molecule has 4 nitrogen and oxygen atoms in total. The number of nitrogens with one attached hydrogen (secondary N) is 1. The second-order valence-corrected chi connectivity index (χ2v) is 4.35. The van der Waals surface area contributed by atoms with Crippen LogP contribution in [0.2, 0.25) is 0 Å². The number of para-hydroxylation sites is 1. The molecule has 0 aliphatic heterocycles. The van der Waals surface area contributed by atoms with Crippen molar-refractivity contribution in [2.45, 2.75) is 13.5 Å². The van der Waals surface area contributed by atoms with Crippen LogP contribution in [0.1, 0.15) is 12.5 Å². The third kappa shape index (κ3) is 3.35. The average Bonchev–Trinajstić information content (AvgIpc) is 2.48. The summed E-state index contributed by atoms with van der Waals surface area (Å²) in [6.07, 6.45) is 0. The minimum Gasteiger partial charge on any atom is -0.496 e. The summed E-state index contributed by atoms with van der Waals surface area (Å²) in [6.45, 7) is 3.22. The summed E-state index contributed by atoms with van der Waals surface area (Å²) in [5.41, 5.74) is 8.57. The fourth-order valence-corrected chi connectivity index (χ4v) is 1.97. The van der Waals surface area contributed by atoms with Gasteiger partial charge in [0.2, 0.25) is 0 Å². The number of anilines is 2. The van der Waals surface area contributed by atoms with Crippen LogP contribution < -0.4 is 20.5 Å². The predicted molar refractivity (Wildman–Crippen MR) is 82.3 cm³/mol. The highest BCUT2D eigenvalue weighted by Gasteiger charge is 2.04. The molecule has 0 aromatic heterocycles. The van der Waals surface area contributed by atoms with E-state index in [9.17, 15) is 0 Å². The van der Waals surface area contributed by atoms with E-state index in [4.69, 9.17) is 15.2 Å². The summed E-state index contributed by atoms with van der Waals surface area (Å²) in [5, 5.41) is 3.35. The first kappa shape index (κ1) is 14.1. The van der Waals surface area contributed by atoms with E-state index in [-0.39, 0.29) is 0 Å². The monoisotopic (exact) mass is 272 g/mol. The van der Waals surface area contributed by atoms with Crippen LogP contribution in [0.3, 0.4) is 0 Å². The van der Waals surface area contributed by atoms with Gasteiger partial charge < -0.3 is 20.5 Å². The predicted octanol–water partition coefficient (Wildman–Crippen LogP) is 3.29. The summed E-state index contributed by atoms with van der Waals surface area (Å²) in [7, 11) is 1.68. The molecule has 2 aromatic carbocycles. The lowest BCUT2D eigenvalue weighted by Gasteiger charge is -2.12. The smallest absolute Gasteiger partial charge is 0.144 e. The fraction of sp³-hybridized carbons (Fsp3) is 0.250. The molecule has 0 amide bonds. The van der Waals surface area contributed by atoms with Crippen molar-refractivity contribution in [1.82, 2.24) is 0 Å². The quantitative estimate of drug-likeness (QED) is 0.792. The molecule has 0 fully saturated rings. The van der Waals surface area contributed by atoms with Gasteiger partial charge >= 0.3 is 0 Å². The summed E-state index contributed by atoms with van der Waals surface area (Å²) >= 11 is 0. The van der Waals surface area contributed by atoms with Crippen LogP contribution >= 0.6 is 0 Å². The molecule has 0 radical (unpaired) electrons. The standard InChI is InChI=1S/C16H20N2O2/c1-3-20-16-10-13(8-9-14(16)17)18-11-12-6-4-5-7-15(12)19-2/h4-10,18H,3,11,17H2,1-2H3.